The Bertz CT molecular complexity index is 1130. The fraction of sp³-hybridized carbons (Fsp3) is 0.333. The van der Waals surface area contributed by atoms with Gasteiger partial charge in [-0.25, -0.2) is 4.98 Å². The highest BCUT2D eigenvalue weighted by Gasteiger charge is 2.18. The Balaban J connectivity index is 2.44. The second kappa shape index (κ2) is 6.72. The Kier molecular flexibility index (Phi) is 4.60. The Hall–Kier alpha value is -3.00. The van der Waals surface area contributed by atoms with Crippen molar-refractivity contribution in [1.29, 1.82) is 5.41 Å². The van der Waals surface area contributed by atoms with E-state index in [1.807, 2.05) is 26.8 Å². The van der Waals surface area contributed by atoms with Crippen molar-refractivity contribution in [1.82, 2.24) is 19.3 Å². The summed E-state index contributed by atoms with van der Waals surface area (Å²) in [5.41, 5.74) is 1.25. The van der Waals surface area contributed by atoms with Crippen LogP contribution < -0.4 is 16.4 Å². The van der Waals surface area contributed by atoms with Crippen LogP contribution in [0.5, 0.6) is 0 Å². The number of nitrogens with one attached hydrogen (secondary N) is 2. The molecule has 3 N–H and O–H groups in total. The molecule has 3 aromatic rings. The highest BCUT2D eigenvalue weighted by atomic mass is 16.3. The summed E-state index contributed by atoms with van der Waals surface area (Å²) in [5, 5.41) is 20.7. The van der Waals surface area contributed by atoms with Gasteiger partial charge in [0.05, 0.1) is 17.6 Å². The molecule has 0 unspecified atom stereocenters. The van der Waals surface area contributed by atoms with Crippen molar-refractivity contribution in [2.75, 3.05) is 6.61 Å². The zero-order valence-corrected chi connectivity index (χ0v) is 14.9. The fourth-order valence-corrected chi connectivity index (χ4v) is 2.93. The van der Waals surface area contributed by atoms with Gasteiger partial charge >= 0.3 is 0 Å². The molecule has 1 amide bonds. The van der Waals surface area contributed by atoms with Crippen molar-refractivity contribution in [2.24, 2.45) is 0 Å². The molecule has 3 aromatic heterocycles. The van der Waals surface area contributed by atoms with Gasteiger partial charge in [0.25, 0.3) is 11.5 Å². The molecule has 8 heteroatoms. The van der Waals surface area contributed by atoms with Crippen LogP contribution in [0.1, 0.15) is 29.8 Å². The molecule has 0 spiro atoms. The summed E-state index contributed by atoms with van der Waals surface area (Å²) in [6.07, 6.45) is 1.62. The lowest BCUT2D eigenvalue weighted by Crippen LogP contribution is -2.38. The Morgan fingerprint density at radius 2 is 2.12 bits per heavy atom. The third-order valence-electron chi connectivity index (χ3n) is 4.12. The third kappa shape index (κ3) is 2.88. The van der Waals surface area contributed by atoms with Crippen molar-refractivity contribution in [3.05, 3.63) is 51.4 Å². The summed E-state index contributed by atoms with van der Waals surface area (Å²) in [7, 11) is 0. The number of amides is 1. The smallest absolute Gasteiger partial charge is 0.267 e. The predicted molar refractivity (Wildman–Crippen MR) is 97.2 cm³/mol. The summed E-state index contributed by atoms with van der Waals surface area (Å²) < 4.78 is 2.83. The van der Waals surface area contributed by atoms with E-state index in [0.717, 1.165) is 5.56 Å². The van der Waals surface area contributed by atoms with Crippen molar-refractivity contribution in [2.45, 2.75) is 33.4 Å². The standard InChI is InChI=1S/C18H21N5O3/c1-10(2)20-17(25)12-9-13-16(22(7-8-24)14(12)19)21-15-11(3)5-4-6-23(15)18(13)26/h4-6,9-10,19,24H,7-8H2,1-3H3,(H,20,25). The number of fused-ring (bicyclic) bond motifs is 2. The van der Waals surface area contributed by atoms with Crippen molar-refractivity contribution >= 4 is 22.6 Å². The number of aliphatic hydroxyl groups excluding tert-OH is 1. The van der Waals surface area contributed by atoms with Gasteiger partial charge in [-0.3, -0.25) is 19.4 Å². The van der Waals surface area contributed by atoms with Gasteiger partial charge in [-0.2, -0.15) is 0 Å². The van der Waals surface area contributed by atoms with Crippen LogP contribution in [0, 0.1) is 12.3 Å². The molecule has 0 atom stereocenters. The third-order valence-corrected chi connectivity index (χ3v) is 4.12. The molecule has 0 aliphatic heterocycles. The quantitative estimate of drug-likeness (QED) is 0.594. The van der Waals surface area contributed by atoms with E-state index in [9.17, 15) is 14.7 Å². The van der Waals surface area contributed by atoms with E-state index < -0.39 is 5.91 Å². The Labute approximate surface area is 149 Å². The molecule has 26 heavy (non-hydrogen) atoms. The van der Waals surface area contributed by atoms with Crippen LogP contribution in [0.3, 0.4) is 0 Å². The maximum atomic E-state index is 13.0. The van der Waals surface area contributed by atoms with Crippen LogP contribution in [0.15, 0.2) is 29.2 Å². The minimum atomic E-state index is -0.438. The van der Waals surface area contributed by atoms with Crippen LogP contribution in [-0.2, 0) is 6.54 Å². The Morgan fingerprint density at radius 1 is 1.38 bits per heavy atom. The van der Waals surface area contributed by atoms with Gasteiger partial charge in [0.2, 0.25) is 0 Å². The molecule has 0 saturated heterocycles. The SMILES string of the molecule is Cc1cccn2c(=O)c3cc(C(=O)NC(C)C)c(=N)n(CCO)c3nc12. The number of pyridine rings is 2. The van der Waals surface area contributed by atoms with Crippen LogP contribution in [0.2, 0.25) is 0 Å². The van der Waals surface area contributed by atoms with E-state index in [1.54, 1.807) is 12.3 Å². The molecule has 0 aromatic carbocycles. The first-order valence-electron chi connectivity index (χ1n) is 8.37. The van der Waals surface area contributed by atoms with E-state index in [-0.39, 0.29) is 46.8 Å². The van der Waals surface area contributed by atoms with Crippen LogP contribution >= 0.6 is 0 Å². The molecule has 0 radical (unpaired) electrons. The predicted octanol–water partition coefficient (Wildman–Crippen LogP) is 0.568. The van der Waals surface area contributed by atoms with E-state index in [4.69, 9.17) is 5.41 Å². The molecule has 8 nitrogen and oxygen atoms in total. The van der Waals surface area contributed by atoms with Crippen molar-refractivity contribution in [3.8, 4) is 0 Å². The first kappa shape index (κ1) is 17.8. The number of hydrogen-bond acceptors (Lipinski definition) is 5. The summed E-state index contributed by atoms with van der Waals surface area (Å²) >= 11 is 0. The number of aromatic nitrogens is 3. The average Bonchev–Trinajstić information content (AvgIpc) is 2.58. The first-order valence-corrected chi connectivity index (χ1v) is 8.37. The maximum Gasteiger partial charge on any atom is 0.267 e. The zero-order chi connectivity index (χ0) is 19.0. The van der Waals surface area contributed by atoms with Gasteiger partial charge in [-0.05, 0) is 38.5 Å². The van der Waals surface area contributed by atoms with Gasteiger partial charge in [0, 0.05) is 18.8 Å². The van der Waals surface area contributed by atoms with Gasteiger partial charge < -0.3 is 15.0 Å². The molecule has 136 valence electrons. The number of nitrogens with zero attached hydrogens (tertiary/aromatic N) is 3. The molecule has 3 rings (SSSR count). The number of aliphatic hydroxyl groups is 1. The van der Waals surface area contributed by atoms with Gasteiger partial charge in [-0.1, -0.05) is 6.07 Å². The maximum absolute atomic E-state index is 13.0. The van der Waals surface area contributed by atoms with Crippen molar-refractivity contribution in [3.63, 3.8) is 0 Å². The number of carbonyl (C=O) groups is 1. The van der Waals surface area contributed by atoms with E-state index in [2.05, 4.69) is 10.3 Å². The molecule has 0 aliphatic rings. The molecular formula is C18H21N5O3. The lowest BCUT2D eigenvalue weighted by atomic mass is 10.1. The number of carbonyl (C=O) groups excluding carboxylic acids is 1. The molecule has 3 heterocycles. The normalized spacial score (nSPS) is 11.4. The van der Waals surface area contributed by atoms with Gasteiger partial charge in [-0.15, -0.1) is 0 Å². The van der Waals surface area contributed by atoms with Crippen LogP contribution in [0.4, 0.5) is 0 Å². The fourth-order valence-electron chi connectivity index (χ4n) is 2.93. The number of hydrogen-bond donors (Lipinski definition) is 3. The monoisotopic (exact) mass is 355 g/mol. The highest BCUT2D eigenvalue weighted by Crippen LogP contribution is 2.12. The largest absolute Gasteiger partial charge is 0.395 e. The molecule has 0 aliphatic carbocycles. The van der Waals surface area contributed by atoms with E-state index >= 15 is 0 Å². The van der Waals surface area contributed by atoms with Crippen LogP contribution in [-0.4, -0.2) is 37.6 Å². The number of rotatable bonds is 4. The Morgan fingerprint density at radius 3 is 2.77 bits per heavy atom. The highest BCUT2D eigenvalue weighted by molar-refractivity contribution is 5.97. The zero-order valence-electron chi connectivity index (χ0n) is 14.9. The summed E-state index contributed by atoms with van der Waals surface area (Å²) in [6.45, 7) is 5.30. The second-order valence-electron chi connectivity index (χ2n) is 6.45. The van der Waals surface area contributed by atoms with Crippen molar-refractivity contribution < 1.29 is 9.90 Å². The second-order valence-corrected chi connectivity index (χ2v) is 6.45. The molecular weight excluding hydrogens is 334 g/mol. The number of aryl methyl sites for hydroxylation is 1. The van der Waals surface area contributed by atoms with Gasteiger partial charge in [0.15, 0.2) is 0 Å². The minimum Gasteiger partial charge on any atom is -0.395 e. The lowest BCUT2D eigenvalue weighted by Gasteiger charge is -2.15. The van der Waals surface area contributed by atoms with E-state index in [1.165, 1.54) is 15.0 Å². The first-order chi connectivity index (χ1) is 12.3. The summed E-state index contributed by atoms with van der Waals surface area (Å²) in [5.74, 6) is -0.438. The topological polar surface area (TPSA) is 112 Å². The van der Waals surface area contributed by atoms with Gasteiger partial charge in [0.1, 0.15) is 16.8 Å². The average molecular weight is 355 g/mol. The van der Waals surface area contributed by atoms with E-state index in [0.29, 0.717) is 5.65 Å². The molecule has 0 fully saturated rings. The molecule has 0 saturated carbocycles. The summed E-state index contributed by atoms with van der Waals surface area (Å²) in [6, 6.07) is 4.90. The minimum absolute atomic E-state index is 0.0621. The van der Waals surface area contributed by atoms with Crippen LogP contribution in [0.25, 0.3) is 16.7 Å². The summed E-state index contributed by atoms with van der Waals surface area (Å²) in [4.78, 5) is 30.0. The molecule has 0 bridgehead atoms. The lowest BCUT2D eigenvalue weighted by molar-refractivity contribution is 0.0940.